The number of nitrogens with zero attached hydrogens (tertiary/aromatic N) is 1. The first-order valence-electron chi connectivity index (χ1n) is 9.15. The van der Waals surface area contributed by atoms with E-state index in [9.17, 15) is 19.1 Å². The molecule has 3 unspecified atom stereocenters. The zero-order chi connectivity index (χ0) is 19.6. The molecule has 1 saturated heterocycles. The second-order valence-corrected chi connectivity index (χ2v) is 8.37. The standard InChI is InChI=1S/C19H24BrFN2O4/c1-27-13-9-17(23(10-13)19(25)26)18(24)22-16-8-12(5-7-15(16)21)14(20)6-4-11-2-3-11/h5,7-8,11,13-14,17H,2-4,6,9-10H2,1H3,(H,22,24)(H,25,26). The van der Waals surface area contributed by atoms with Gasteiger partial charge in [0, 0.05) is 18.4 Å². The Morgan fingerprint density at radius 1 is 1.44 bits per heavy atom. The number of amides is 2. The van der Waals surface area contributed by atoms with Gasteiger partial charge in [0.15, 0.2) is 0 Å². The topological polar surface area (TPSA) is 78.9 Å². The van der Waals surface area contributed by atoms with Crippen LogP contribution in [0, 0.1) is 11.7 Å². The van der Waals surface area contributed by atoms with Crippen LogP contribution in [0.15, 0.2) is 18.2 Å². The third kappa shape index (κ3) is 4.99. The van der Waals surface area contributed by atoms with Gasteiger partial charge in [-0.2, -0.15) is 0 Å². The zero-order valence-electron chi connectivity index (χ0n) is 15.2. The first-order chi connectivity index (χ1) is 12.9. The maximum absolute atomic E-state index is 14.2. The second kappa shape index (κ2) is 8.56. The lowest BCUT2D eigenvalue weighted by atomic mass is 10.1. The molecule has 0 bridgehead atoms. The fourth-order valence-corrected chi connectivity index (χ4v) is 3.98. The smallest absolute Gasteiger partial charge is 0.408 e. The van der Waals surface area contributed by atoms with Crippen molar-refractivity contribution < 1.29 is 23.8 Å². The van der Waals surface area contributed by atoms with Crippen molar-refractivity contribution in [2.75, 3.05) is 19.0 Å². The van der Waals surface area contributed by atoms with E-state index in [4.69, 9.17) is 4.74 Å². The Labute approximate surface area is 166 Å². The summed E-state index contributed by atoms with van der Waals surface area (Å²) in [4.78, 5) is 25.1. The summed E-state index contributed by atoms with van der Waals surface area (Å²) < 4.78 is 19.4. The minimum Gasteiger partial charge on any atom is -0.465 e. The van der Waals surface area contributed by atoms with E-state index in [0.717, 1.165) is 29.2 Å². The summed E-state index contributed by atoms with van der Waals surface area (Å²) in [6.45, 7) is 0.122. The number of methoxy groups -OCH3 is 1. The summed E-state index contributed by atoms with van der Waals surface area (Å²) in [5.41, 5.74) is 0.961. The third-order valence-corrected chi connectivity index (χ3v) is 6.27. The largest absolute Gasteiger partial charge is 0.465 e. The van der Waals surface area contributed by atoms with Gasteiger partial charge in [-0.15, -0.1) is 0 Å². The molecule has 0 spiro atoms. The van der Waals surface area contributed by atoms with Crippen molar-refractivity contribution in [1.29, 1.82) is 0 Å². The number of nitrogens with one attached hydrogen (secondary N) is 1. The molecule has 2 N–H and O–H groups in total. The number of likely N-dealkylation sites (tertiary alicyclic amines) is 1. The Bertz CT molecular complexity index is 713. The van der Waals surface area contributed by atoms with E-state index in [1.807, 2.05) is 0 Å². The molecule has 3 atom stereocenters. The molecule has 2 fully saturated rings. The van der Waals surface area contributed by atoms with Gasteiger partial charge in [-0.25, -0.2) is 9.18 Å². The highest BCUT2D eigenvalue weighted by atomic mass is 79.9. The van der Waals surface area contributed by atoms with Crippen LogP contribution in [0.1, 0.15) is 42.5 Å². The molecule has 1 saturated carbocycles. The first-order valence-corrected chi connectivity index (χ1v) is 10.1. The minimum atomic E-state index is -1.19. The molecule has 0 radical (unpaired) electrons. The molecular formula is C19H24BrFN2O4. The number of halogens is 2. The highest BCUT2D eigenvalue weighted by molar-refractivity contribution is 9.09. The number of rotatable bonds is 7. The van der Waals surface area contributed by atoms with E-state index < -0.39 is 23.9 Å². The maximum Gasteiger partial charge on any atom is 0.408 e. The van der Waals surface area contributed by atoms with Gasteiger partial charge in [0.1, 0.15) is 11.9 Å². The molecule has 2 aliphatic rings. The molecule has 8 heteroatoms. The summed E-state index contributed by atoms with van der Waals surface area (Å²) in [6, 6.07) is 3.76. The van der Waals surface area contributed by atoms with Gasteiger partial charge in [-0.1, -0.05) is 34.8 Å². The van der Waals surface area contributed by atoms with Gasteiger partial charge < -0.3 is 15.2 Å². The maximum atomic E-state index is 14.2. The molecule has 1 aromatic rings. The number of alkyl halides is 1. The quantitative estimate of drug-likeness (QED) is 0.621. The van der Waals surface area contributed by atoms with Gasteiger partial charge in [0.05, 0.1) is 18.3 Å². The van der Waals surface area contributed by atoms with Crippen molar-refractivity contribution in [3.05, 3.63) is 29.6 Å². The summed E-state index contributed by atoms with van der Waals surface area (Å²) in [7, 11) is 1.48. The van der Waals surface area contributed by atoms with Gasteiger partial charge in [0.25, 0.3) is 0 Å². The van der Waals surface area contributed by atoms with Crippen LogP contribution < -0.4 is 5.32 Å². The number of carbonyl (C=O) groups is 2. The summed E-state index contributed by atoms with van der Waals surface area (Å²) in [6.07, 6.45) is 3.37. The lowest BCUT2D eigenvalue weighted by molar-refractivity contribution is -0.120. The SMILES string of the molecule is COC1CC(C(=O)Nc2cc(C(Br)CCC3CC3)ccc2F)N(C(=O)O)C1. The third-order valence-electron chi connectivity index (χ3n) is 5.28. The van der Waals surface area contributed by atoms with E-state index in [2.05, 4.69) is 21.2 Å². The molecule has 1 aromatic carbocycles. The summed E-state index contributed by atoms with van der Waals surface area (Å²) >= 11 is 3.64. The van der Waals surface area contributed by atoms with Crippen molar-refractivity contribution in [3.8, 4) is 0 Å². The zero-order valence-corrected chi connectivity index (χ0v) is 16.7. The predicted molar refractivity (Wildman–Crippen MR) is 103 cm³/mol. The van der Waals surface area contributed by atoms with Gasteiger partial charge in [-0.3, -0.25) is 9.69 Å². The lowest BCUT2D eigenvalue weighted by Gasteiger charge is -2.21. The van der Waals surface area contributed by atoms with E-state index in [1.165, 1.54) is 26.0 Å². The van der Waals surface area contributed by atoms with Crippen LogP contribution in [-0.2, 0) is 9.53 Å². The average Bonchev–Trinajstić information content (AvgIpc) is 3.36. The fourth-order valence-electron chi connectivity index (χ4n) is 3.43. The Morgan fingerprint density at radius 3 is 2.81 bits per heavy atom. The Kier molecular flexibility index (Phi) is 6.37. The number of ether oxygens (including phenoxy) is 1. The van der Waals surface area contributed by atoms with Crippen LogP contribution in [0.2, 0.25) is 0 Å². The van der Waals surface area contributed by atoms with Crippen LogP contribution in [0.25, 0.3) is 0 Å². The van der Waals surface area contributed by atoms with Gasteiger partial charge in [-0.05, 0) is 36.5 Å². The van der Waals surface area contributed by atoms with Gasteiger partial charge in [0.2, 0.25) is 5.91 Å². The Morgan fingerprint density at radius 2 is 2.19 bits per heavy atom. The Balaban J connectivity index is 1.69. The van der Waals surface area contributed by atoms with Crippen molar-refractivity contribution in [2.24, 2.45) is 5.92 Å². The van der Waals surface area contributed by atoms with E-state index in [-0.39, 0.29) is 29.6 Å². The molecule has 1 heterocycles. The van der Waals surface area contributed by atoms with E-state index >= 15 is 0 Å². The van der Waals surface area contributed by atoms with Crippen LogP contribution in [-0.4, -0.2) is 47.8 Å². The Hall–Kier alpha value is -1.67. The predicted octanol–water partition coefficient (Wildman–Crippen LogP) is 4.16. The van der Waals surface area contributed by atoms with Gasteiger partial charge >= 0.3 is 6.09 Å². The molecule has 148 valence electrons. The first kappa shape index (κ1) is 20.1. The summed E-state index contributed by atoms with van der Waals surface area (Å²) in [5.74, 6) is -0.281. The van der Waals surface area contributed by atoms with Crippen molar-refractivity contribution in [1.82, 2.24) is 4.90 Å². The number of benzene rings is 1. The number of hydrogen-bond acceptors (Lipinski definition) is 3. The molecule has 1 aliphatic heterocycles. The van der Waals surface area contributed by atoms with Crippen molar-refractivity contribution >= 4 is 33.6 Å². The number of carbonyl (C=O) groups excluding carboxylic acids is 1. The second-order valence-electron chi connectivity index (χ2n) is 7.26. The minimum absolute atomic E-state index is 0.0691. The van der Waals surface area contributed by atoms with E-state index in [1.54, 1.807) is 12.1 Å². The van der Waals surface area contributed by atoms with Crippen LogP contribution in [0.3, 0.4) is 0 Å². The number of anilines is 1. The van der Waals surface area contributed by atoms with Crippen LogP contribution >= 0.6 is 15.9 Å². The molecule has 0 aromatic heterocycles. The molecule has 3 rings (SSSR count). The molecule has 6 nitrogen and oxygen atoms in total. The summed E-state index contributed by atoms with van der Waals surface area (Å²) in [5, 5.41) is 11.9. The van der Waals surface area contributed by atoms with Crippen LogP contribution in [0.4, 0.5) is 14.9 Å². The monoisotopic (exact) mass is 442 g/mol. The molecular weight excluding hydrogens is 419 g/mol. The number of carboxylic acid groups (broad SMARTS) is 1. The molecule has 1 aliphatic carbocycles. The average molecular weight is 443 g/mol. The van der Waals surface area contributed by atoms with Crippen molar-refractivity contribution in [2.45, 2.75) is 49.1 Å². The highest BCUT2D eigenvalue weighted by Crippen LogP contribution is 2.39. The molecule has 2 amide bonds. The fraction of sp³-hybridized carbons (Fsp3) is 0.579. The van der Waals surface area contributed by atoms with E-state index in [0.29, 0.717) is 0 Å². The molecule has 27 heavy (non-hydrogen) atoms. The van der Waals surface area contributed by atoms with Crippen LogP contribution in [0.5, 0.6) is 0 Å². The number of hydrogen-bond donors (Lipinski definition) is 2. The highest BCUT2D eigenvalue weighted by Gasteiger charge is 2.40. The normalized spacial score (nSPS) is 23.3. The lowest BCUT2D eigenvalue weighted by Crippen LogP contribution is -2.42. The van der Waals surface area contributed by atoms with Crippen molar-refractivity contribution in [3.63, 3.8) is 0 Å².